The lowest BCUT2D eigenvalue weighted by Crippen LogP contribution is -2.31. The second-order valence-corrected chi connectivity index (χ2v) is 4.94. The zero-order valence-electron chi connectivity index (χ0n) is 12.1. The van der Waals surface area contributed by atoms with Gasteiger partial charge in [-0.2, -0.15) is 0 Å². The molecular weight excluding hydrogens is 258 g/mol. The summed E-state index contributed by atoms with van der Waals surface area (Å²) in [6.07, 6.45) is 4.95. The Morgan fingerprint density at radius 1 is 1.40 bits per heavy atom. The van der Waals surface area contributed by atoms with Crippen LogP contribution in [-0.4, -0.2) is 53.9 Å². The Labute approximate surface area is 119 Å². The van der Waals surface area contributed by atoms with Crippen molar-refractivity contribution in [1.82, 2.24) is 15.1 Å². The molecule has 0 aromatic carbocycles. The highest BCUT2D eigenvalue weighted by Crippen LogP contribution is 2.11. The number of likely N-dealkylation sites (tertiary alicyclic amines) is 1. The summed E-state index contributed by atoms with van der Waals surface area (Å²) in [4.78, 5) is 13.9. The van der Waals surface area contributed by atoms with E-state index >= 15 is 0 Å². The Morgan fingerprint density at radius 3 is 2.95 bits per heavy atom. The van der Waals surface area contributed by atoms with Gasteiger partial charge in [-0.25, -0.2) is 4.79 Å². The van der Waals surface area contributed by atoms with Gasteiger partial charge in [0.1, 0.15) is 5.69 Å². The molecule has 0 unspecified atom stereocenters. The van der Waals surface area contributed by atoms with E-state index in [1.54, 1.807) is 13.0 Å². The SMILES string of the molecule is CCOC(=O)c1cc(OCCCN2CCCCC2)n[nH]1. The maximum absolute atomic E-state index is 11.4. The second-order valence-electron chi connectivity index (χ2n) is 4.94. The third-order valence-corrected chi connectivity index (χ3v) is 3.37. The van der Waals surface area contributed by atoms with Gasteiger partial charge in [-0.1, -0.05) is 6.42 Å². The van der Waals surface area contributed by atoms with E-state index in [0.29, 0.717) is 24.8 Å². The summed E-state index contributed by atoms with van der Waals surface area (Å²) in [6, 6.07) is 1.58. The quantitative estimate of drug-likeness (QED) is 0.610. The lowest BCUT2D eigenvalue weighted by Gasteiger charge is -2.26. The van der Waals surface area contributed by atoms with Gasteiger partial charge in [0.25, 0.3) is 0 Å². The fourth-order valence-electron chi connectivity index (χ4n) is 2.34. The average molecular weight is 281 g/mol. The largest absolute Gasteiger partial charge is 0.477 e. The van der Waals surface area contributed by atoms with Crippen LogP contribution in [0.15, 0.2) is 6.07 Å². The molecule has 2 heterocycles. The number of H-pyrrole nitrogens is 1. The number of carbonyl (C=O) groups is 1. The maximum atomic E-state index is 11.4. The van der Waals surface area contributed by atoms with Crippen molar-refractivity contribution < 1.29 is 14.3 Å². The van der Waals surface area contributed by atoms with Crippen LogP contribution in [-0.2, 0) is 4.74 Å². The normalized spacial score (nSPS) is 16.1. The molecule has 1 fully saturated rings. The van der Waals surface area contributed by atoms with Crippen molar-refractivity contribution >= 4 is 5.97 Å². The topological polar surface area (TPSA) is 67.5 Å². The molecule has 0 saturated carbocycles. The molecule has 0 atom stereocenters. The van der Waals surface area contributed by atoms with Gasteiger partial charge in [0, 0.05) is 12.6 Å². The number of aromatic amines is 1. The fourth-order valence-corrected chi connectivity index (χ4v) is 2.34. The molecule has 1 N–H and O–H groups in total. The third kappa shape index (κ3) is 4.52. The molecule has 0 bridgehead atoms. The van der Waals surface area contributed by atoms with E-state index in [4.69, 9.17) is 9.47 Å². The van der Waals surface area contributed by atoms with E-state index in [2.05, 4.69) is 15.1 Å². The van der Waals surface area contributed by atoms with E-state index in [9.17, 15) is 4.79 Å². The first-order valence-electron chi connectivity index (χ1n) is 7.37. The molecule has 1 saturated heterocycles. The maximum Gasteiger partial charge on any atom is 0.356 e. The minimum absolute atomic E-state index is 0.331. The Bertz CT molecular complexity index is 414. The molecule has 6 nitrogen and oxygen atoms in total. The van der Waals surface area contributed by atoms with Crippen LogP contribution in [0.25, 0.3) is 0 Å². The molecule has 1 aromatic heterocycles. The first-order valence-corrected chi connectivity index (χ1v) is 7.37. The van der Waals surface area contributed by atoms with Crippen molar-refractivity contribution in [3.63, 3.8) is 0 Å². The number of hydrogen-bond acceptors (Lipinski definition) is 5. The first-order chi connectivity index (χ1) is 9.79. The van der Waals surface area contributed by atoms with Crippen LogP contribution in [0.2, 0.25) is 0 Å². The minimum atomic E-state index is -0.400. The summed E-state index contributed by atoms with van der Waals surface area (Å²) < 4.78 is 10.4. The highest BCUT2D eigenvalue weighted by molar-refractivity contribution is 5.87. The molecule has 0 spiro atoms. The molecule has 112 valence electrons. The highest BCUT2D eigenvalue weighted by atomic mass is 16.5. The van der Waals surface area contributed by atoms with Gasteiger partial charge < -0.3 is 14.4 Å². The average Bonchev–Trinajstić information content (AvgIpc) is 2.94. The van der Waals surface area contributed by atoms with Crippen LogP contribution in [0.5, 0.6) is 5.88 Å². The van der Waals surface area contributed by atoms with Gasteiger partial charge in [-0.15, -0.1) is 5.10 Å². The second kappa shape index (κ2) is 7.89. The van der Waals surface area contributed by atoms with Gasteiger partial charge >= 0.3 is 5.97 Å². The van der Waals surface area contributed by atoms with E-state index in [0.717, 1.165) is 13.0 Å². The zero-order valence-corrected chi connectivity index (χ0v) is 12.1. The van der Waals surface area contributed by atoms with Crippen LogP contribution >= 0.6 is 0 Å². The number of ether oxygens (including phenoxy) is 2. The first kappa shape index (κ1) is 14.8. The zero-order chi connectivity index (χ0) is 14.2. The van der Waals surface area contributed by atoms with Crippen LogP contribution in [0.3, 0.4) is 0 Å². The third-order valence-electron chi connectivity index (χ3n) is 3.37. The van der Waals surface area contributed by atoms with Crippen molar-refractivity contribution in [1.29, 1.82) is 0 Å². The van der Waals surface area contributed by atoms with Gasteiger partial charge in [0.05, 0.1) is 13.2 Å². The number of esters is 1. The van der Waals surface area contributed by atoms with Crippen LogP contribution in [0.1, 0.15) is 43.1 Å². The number of hydrogen-bond donors (Lipinski definition) is 1. The lowest BCUT2D eigenvalue weighted by atomic mass is 10.1. The standard InChI is InChI=1S/C14H23N3O3/c1-2-19-14(18)12-11-13(16-15-12)20-10-6-9-17-7-4-3-5-8-17/h11H,2-10H2,1H3,(H,15,16). The smallest absolute Gasteiger partial charge is 0.356 e. The molecule has 0 aliphatic carbocycles. The van der Waals surface area contributed by atoms with Gasteiger partial charge in [0.2, 0.25) is 5.88 Å². The van der Waals surface area contributed by atoms with E-state index in [1.807, 2.05) is 0 Å². The number of carbonyl (C=O) groups excluding carboxylic acids is 1. The predicted octanol–water partition coefficient (Wildman–Crippen LogP) is 1.84. The molecular formula is C14H23N3O3. The van der Waals surface area contributed by atoms with Crippen molar-refractivity contribution in [3.05, 3.63) is 11.8 Å². The summed E-state index contributed by atoms with van der Waals surface area (Å²) in [5.41, 5.74) is 0.331. The number of aromatic nitrogens is 2. The Balaban J connectivity index is 1.65. The molecule has 6 heteroatoms. The van der Waals surface area contributed by atoms with Crippen molar-refractivity contribution in [2.24, 2.45) is 0 Å². The predicted molar refractivity (Wildman–Crippen MR) is 74.9 cm³/mol. The Kier molecular flexibility index (Phi) is 5.86. The summed E-state index contributed by atoms with van der Waals surface area (Å²) in [7, 11) is 0. The number of piperidine rings is 1. The van der Waals surface area contributed by atoms with Crippen LogP contribution in [0, 0.1) is 0 Å². The number of nitrogens with zero attached hydrogens (tertiary/aromatic N) is 2. The summed E-state index contributed by atoms with van der Waals surface area (Å²) in [6.45, 7) is 6.21. The number of nitrogens with one attached hydrogen (secondary N) is 1. The highest BCUT2D eigenvalue weighted by Gasteiger charge is 2.12. The monoisotopic (exact) mass is 281 g/mol. The van der Waals surface area contributed by atoms with Gasteiger partial charge in [-0.05, 0) is 39.3 Å². The molecule has 1 aliphatic heterocycles. The summed E-state index contributed by atoms with van der Waals surface area (Å²) in [5.74, 6) is 0.0508. The molecule has 2 rings (SSSR count). The lowest BCUT2D eigenvalue weighted by molar-refractivity contribution is 0.0519. The van der Waals surface area contributed by atoms with Crippen molar-refractivity contribution in [2.75, 3.05) is 32.8 Å². The Morgan fingerprint density at radius 2 is 2.20 bits per heavy atom. The van der Waals surface area contributed by atoms with Gasteiger partial charge in [0.15, 0.2) is 0 Å². The van der Waals surface area contributed by atoms with E-state index in [-0.39, 0.29) is 0 Å². The minimum Gasteiger partial charge on any atom is -0.477 e. The molecule has 0 radical (unpaired) electrons. The molecule has 1 aromatic rings. The summed E-state index contributed by atoms with van der Waals surface area (Å²) >= 11 is 0. The van der Waals surface area contributed by atoms with E-state index in [1.165, 1.54) is 32.4 Å². The van der Waals surface area contributed by atoms with E-state index < -0.39 is 5.97 Å². The van der Waals surface area contributed by atoms with Crippen molar-refractivity contribution in [3.8, 4) is 5.88 Å². The van der Waals surface area contributed by atoms with Crippen LogP contribution < -0.4 is 4.74 Å². The Hall–Kier alpha value is -1.56. The fraction of sp³-hybridized carbons (Fsp3) is 0.714. The van der Waals surface area contributed by atoms with Gasteiger partial charge in [-0.3, -0.25) is 5.10 Å². The van der Waals surface area contributed by atoms with Crippen LogP contribution in [0.4, 0.5) is 0 Å². The molecule has 1 aliphatic rings. The summed E-state index contributed by atoms with van der Waals surface area (Å²) in [5, 5.41) is 6.56. The van der Waals surface area contributed by atoms with Crippen molar-refractivity contribution in [2.45, 2.75) is 32.6 Å². The number of rotatable bonds is 7. The molecule has 20 heavy (non-hydrogen) atoms. The molecule has 0 amide bonds.